The summed E-state index contributed by atoms with van der Waals surface area (Å²) in [6, 6.07) is 13.6. The molecule has 4 nitrogen and oxygen atoms in total. The molecule has 0 aromatic heterocycles. The Balaban J connectivity index is 2.12. The third-order valence-corrected chi connectivity index (χ3v) is 2.64. The van der Waals surface area contributed by atoms with E-state index in [4.69, 9.17) is 14.6 Å². The lowest BCUT2D eigenvalue weighted by molar-refractivity contribution is 0.0694. The van der Waals surface area contributed by atoms with E-state index in [1.54, 1.807) is 42.5 Å². The Bertz CT molecular complexity index is 575. The summed E-state index contributed by atoms with van der Waals surface area (Å²) in [5.74, 6) is 0.652. The number of carboxylic acids is 1. The zero-order chi connectivity index (χ0) is 14.4. The number of hydrogen-bond donors (Lipinski definition) is 1. The topological polar surface area (TPSA) is 55.8 Å². The highest BCUT2D eigenvalue weighted by molar-refractivity contribution is 5.90. The van der Waals surface area contributed by atoms with E-state index in [9.17, 15) is 4.79 Å². The minimum absolute atomic E-state index is 0.138. The average molecular weight is 272 g/mol. The molecule has 0 atom stereocenters. The van der Waals surface area contributed by atoms with E-state index in [1.165, 1.54) is 6.07 Å². The van der Waals surface area contributed by atoms with Gasteiger partial charge in [0.1, 0.15) is 22.8 Å². The minimum atomic E-state index is -1.01. The van der Waals surface area contributed by atoms with Gasteiger partial charge in [0, 0.05) is 0 Å². The first-order valence-corrected chi connectivity index (χ1v) is 6.43. The fourth-order valence-corrected chi connectivity index (χ4v) is 1.68. The van der Waals surface area contributed by atoms with Gasteiger partial charge in [0.25, 0.3) is 0 Å². The van der Waals surface area contributed by atoms with E-state index in [0.717, 1.165) is 12.2 Å². The van der Waals surface area contributed by atoms with Crippen LogP contribution in [0.15, 0.2) is 48.5 Å². The highest BCUT2D eigenvalue weighted by Crippen LogP contribution is 2.26. The maximum absolute atomic E-state index is 11.1. The van der Waals surface area contributed by atoms with Gasteiger partial charge in [-0.15, -0.1) is 0 Å². The third kappa shape index (κ3) is 3.51. The Labute approximate surface area is 117 Å². The molecule has 0 aliphatic rings. The monoisotopic (exact) mass is 272 g/mol. The maximum atomic E-state index is 11.1. The van der Waals surface area contributed by atoms with Gasteiger partial charge in [-0.1, -0.05) is 19.1 Å². The van der Waals surface area contributed by atoms with Crippen molar-refractivity contribution in [1.82, 2.24) is 0 Å². The van der Waals surface area contributed by atoms with E-state index >= 15 is 0 Å². The van der Waals surface area contributed by atoms with Gasteiger partial charge in [-0.3, -0.25) is 0 Å². The summed E-state index contributed by atoms with van der Waals surface area (Å²) < 4.78 is 11.1. The van der Waals surface area contributed by atoms with Crippen molar-refractivity contribution in [3.63, 3.8) is 0 Å². The number of carbonyl (C=O) groups is 1. The maximum Gasteiger partial charge on any atom is 0.339 e. The molecule has 2 rings (SSSR count). The average Bonchev–Trinajstić information content (AvgIpc) is 2.47. The molecule has 0 amide bonds. The normalized spacial score (nSPS) is 10.1. The van der Waals surface area contributed by atoms with E-state index in [0.29, 0.717) is 18.1 Å². The van der Waals surface area contributed by atoms with E-state index in [-0.39, 0.29) is 5.56 Å². The smallest absolute Gasteiger partial charge is 0.339 e. The molecule has 0 unspecified atom stereocenters. The summed E-state index contributed by atoms with van der Waals surface area (Å²) in [5.41, 5.74) is 0.138. The molecule has 0 bridgehead atoms. The minimum Gasteiger partial charge on any atom is -0.494 e. The van der Waals surface area contributed by atoms with E-state index in [2.05, 4.69) is 0 Å². The lowest BCUT2D eigenvalue weighted by atomic mass is 10.2. The molecular formula is C16H16O4. The predicted octanol–water partition coefficient (Wildman–Crippen LogP) is 3.97. The Morgan fingerprint density at radius 1 is 1.05 bits per heavy atom. The summed E-state index contributed by atoms with van der Waals surface area (Å²) in [4.78, 5) is 11.1. The summed E-state index contributed by atoms with van der Waals surface area (Å²) >= 11 is 0. The van der Waals surface area contributed by atoms with Crippen LogP contribution in [0.3, 0.4) is 0 Å². The summed E-state index contributed by atoms with van der Waals surface area (Å²) in [7, 11) is 0. The van der Waals surface area contributed by atoms with Crippen LogP contribution in [0.2, 0.25) is 0 Å². The van der Waals surface area contributed by atoms with Gasteiger partial charge in [-0.05, 0) is 42.8 Å². The van der Waals surface area contributed by atoms with Crippen LogP contribution >= 0.6 is 0 Å². The molecule has 4 heteroatoms. The van der Waals surface area contributed by atoms with Crippen LogP contribution in [0.1, 0.15) is 23.7 Å². The van der Waals surface area contributed by atoms with Crippen LogP contribution in [0, 0.1) is 0 Å². The van der Waals surface area contributed by atoms with Crippen LogP contribution in [0.25, 0.3) is 0 Å². The van der Waals surface area contributed by atoms with Crippen molar-refractivity contribution in [2.24, 2.45) is 0 Å². The number of rotatable bonds is 6. The van der Waals surface area contributed by atoms with Crippen molar-refractivity contribution in [3.8, 4) is 17.2 Å². The quantitative estimate of drug-likeness (QED) is 0.864. The predicted molar refractivity (Wildman–Crippen MR) is 75.7 cm³/mol. The van der Waals surface area contributed by atoms with Crippen LogP contribution < -0.4 is 9.47 Å². The molecule has 0 spiro atoms. The molecule has 1 N–H and O–H groups in total. The summed E-state index contributed by atoms with van der Waals surface area (Å²) in [6.45, 7) is 2.71. The van der Waals surface area contributed by atoms with Crippen molar-refractivity contribution in [2.75, 3.05) is 6.61 Å². The van der Waals surface area contributed by atoms with Gasteiger partial charge in [0.2, 0.25) is 0 Å². The van der Waals surface area contributed by atoms with Crippen LogP contribution in [-0.4, -0.2) is 17.7 Å². The second-order valence-corrected chi connectivity index (χ2v) is 4.22. The van der Waals surface area contributed by atoms with Crippen molar-refractivity contribution in [3.05, 3.63) is 54.1 Å². The van der Waals surface area contributed by atoms with Crippen LogP contribution in [-0.2, 0) is 0 Å². The molecule has 2 aromatic rings. The van der Waals surface area contributed by atoms with Crippen LogP contribution in [0.5, 0.6) is 17.2 Å². The zero-order valence-electron chi connectivity index (χ0n) is 11.2. The van der Waals surface area contributed by atoms with E-state index in [1.807, 2.05) is 6.92 Å². The standard InChI is InChI=1S/C16H16O4/c1-2-11-19-12-7-9-13(10-8-12)20-15-6-4-3-5-14(15)16(17)18/h3-10H,2,11H2,1H3,(H,17,18). The molecule has 104 valence electrons. The Hall–Kier alpha value is -2.49. The van der Waals surface area contributed by atoms with Gasteiger partial charge < -0.3 is 14.6 Å². The second-order valence-electron chi connectivity index (χ2n) is 4.22. The van der Waals surface area contributed by atoms with Gasteiger partial charge in [-0.25, -0.2) is 4.79 Å². The molecule has 0 fully saturated rings. The Morgan fingerprint density at radius 2 is 1.70 bits per heavy atom. The fourth-order valence-electron chi connectivity index (χ4n) is 1.68. The molecular weight excluding hydrogens is 256 g/mol. The van der Waals surface area contributed by atoms with Gasteiger partial charge >= 0.3 is 5.97 Å². The van der Waals surface area contributed by atoms with Crippen molar-refractivity contribution < 1.29 is 19.4 Å². The molecule has 2 aromatic carbocycles. The summed E-state index contributed by atoms with van der Waals surface area (Å²) in [5, 5.41) is 9.08. The first kappa shape index (κ1) is 13.9. The fraction of sp³-hybridized carbons (Fsp3) is 0.188. The summed E-state index contributed by atoms with van der Waals surface area (Å²) in [6.07, 6.45) is 0.949. The number of aromatic carboxylic acids is 1. The van der Waals surface area contributed by atoms with Crippen molar-refractivity contribution in [2.45, 2.75) is 13.3 Å². The number of benzene rings is 2. The van der Waals surface area contributed by atoms with E-state index < -0.39 is 5.97 Å². The molecule has 0 aliphatic carbocycles. The van der Waals surface area contributed by atoms with Gasteiger partial charge in [-0.2, -0.15) is 0 Å². The third-order valence-electron chi connectivity index (χ3n) is 2.64. The first-order valence-electron chi connectivity index (χ1n) is 6.43. The molecule has 0 saturated heterocycles. The first-order chi connectivity index (χ1) is 9.70. The zero-order valence-corrected chi connectivity index (χ0v) is 11.2. The molecule has 0 radical (unpaired) electrons. The second kappa shape index (κ2) is 6.61. The largest absolute Gasteiger partial charge is 0.494 e. The highest BCUT2D eigenvalue weighted by atomic mass is 16.5. The van der Waals surface area contributed by atoms with Crippen LogP contribution in [0.4, 0.5) is 0 Å². The van der Waals surface area contributed by atoms with Crippen molar-refractivity contribution >= 4 is 5.97 Å². The Kier molecular flexibility index (Phi) is 4.60. The number of hydrogen-bond acceptors (Lipinski definition) is 3. The number of carboxylic acid groups (broad SMARTS) is 1. The van der Waals surface area contributed by atoms with Gasteiger partial charge in [0.05, 0.1) is 6.61 Å². The molecule has 0 heterocycles. The lowest BCUT2D eigenvalue weighted by Gasteiger charge is -2.09. The Morgan fingerprint density at radius 3 is 2.35 bits per heavy atom. The molecule has 0 saturated carbocycles. The number of para-hydroxylation sites is 1. The highest BCUT2D eigenvalue weighted by Gasteiger charge is 2.10. The van der Waals surface area contributed by atoms with Gasteiger partial charge in [0.15, 0.2) is 0 Å². The lowest BCUT2D eigenvalue weighted by Crippen LogP contribution is -1.99. The SMILES string of the molecule is CCCOc1ccc(Oc2ccccc2C(=O)O)cc1. The number of ether oxygens (including phenoxy) is 2. The van der Waals surface area contributed by atoms with Crippen molar-refractivity contribution in [1.29, 1.82) is 0 Å². The molecule has 20 heavy (non-hydrogen) atoms. The molecule has 0 aliphatic heterocycles.